The quantitative estimate of drug-likeness (QED) is 0.443. The first-order valence-corrected chi connectivity index (χ1v) is 14.0. The van der Waals surface area contributed by atoms with Crippen molar-refractivity contribution in [3.05, 3.63) is 34.7 Å². The van der Waals surface area contributed by atoms with E-state index in [1.54, 1.807) is 11.3 Å². The number of carbonyl (C=O) groups is 1. The van der Waals surface area contributed by atoms with Crippen LogP contribution in [0.5, 0.6) is 0 Å². The molecule has 1 N–H and O–H groups in total. The van der Waals surface area contributed by atoms with Crippen LogP contribution in [0.3, 0.4) is 0 Å². The number of aromatic nitrogens is 1. The minimum Gasteiger partial charge on any atom is -0.317 e. The molecule has 3 aromatic rings. The Hall–Kier alpha value is -1.72. The van der Waals surface area contributed by atoms with Gasteiger partial charge in [0.2, 0.25) is 5.91 Å². The molecule has 5 heteroatoms. The van der Waals surface area contributed by atoms with E-state index >= 15 is 0 Å². The van der Waals surface area contributed by atoms with E-state index in [1.807, 2.05) is 11.3 Å². The second-order valence-corrected chi connectivity index (χ2v) is 13.3. The van der Waals surface area contributed by atoms with Gasteiger partial charge in [0.1, 0.15) is 10.0 Å². The highest BCUT2D eigenvalue weighted by atomic mass is 32.1. The Morgan fingerprint density at radius 1 is 1.06 bits per heavy atom. The average molecular weight is 463 g/mol. The maximum atomic E-state index is 13.9. The van der Waals surface area contributed by atoms with Gasteiger partial charge in [0.05, 0.1) is 15.6 Å². The second-order valence-electron chi connectivity index (χ2n) is 11.2. The van der Waals surface area contributed by atoms with Crippen molar-refractivity contribution in [1.29, 1.82) is 0 Å². The number of anilines is 1. The lowest BCUT2D eigenvalue weighted by Crippen LogP contribution is -2.51. The molecule has 4 fully saturated rings. The molecular weight excluding hydrogens is 432 g/mol. The number of thiazole rings is 1. The second kappa shape index (κ2) is 7.14. The Bertz CT molecular complexity index is 1150. The summed E-state index contributed by atoms with van der Waals surface area (Å²) in [5, 5.41) is 5.68. The number of amides is 1. The van der Waals surface area contributed by atoms with Crippen molar-refractivity contribution >= 4 is 43.8 Å². The van der Waals surface area contributed by atoms with Gasteiger partial charge in [0.25, 0.3) is 0 Å². The van der Waals surface area contributed by atoms with Crippen LogP contribution in [0.2, 0.25) is 0 Å². The molecule has 0 spiro atoms. The van der Waals surface area contributed by atoms with Crippen molar-refractivity contribution in [2.45, 2.75) is 64.7 Å². The zero-order valence-corrected chi connectivity index (χ0v) is 20.3. The predicted molar refractivity (Wildman–Crippen MR) is 133 cm³/mol. The number of hydrogen-bond acceptors (Lipinski definition) is 4. The first-order valence-electron chi connectivity index (χ1n) is 12.4. The molecule has 2 aromatic heterocycles. The SMILES string of the molecule is CC1CCc2c(sc(NC(=O)C34CC5CC(CC(C5)C3)C4)c2-c2nc3ccccc3s2)C1. The molecule has 1 unspecified atom stereocenters. The van der Waals surface area contributed by atoms with Gasteiger partial charge in [-0.1, -0.05) is 19.1 Å². The van der Waals surface area contributed by atoms with E-state index in [-0.39, 0.29) is 5.41 Å². The molecule has 4 saturated carbocycles. The van der Waals surface area contributed by atoms with Crippen molar-refractivity contribution in [2.75, 3.05) is 5.32 Å². The van der Waals surface area contributed by atoms with Gasteiger partial charge in [0, 0.05) is 10.4 Å². The fraction of sp³-hybridized carbons (Fsp3) is 0.556. The third kappa shape index (κ3) is 3.03. The zero-order valence-electron chi connectivity index (χ0n) is 18.7. The smallest absolute Gasteiger partial charge is 0.231 e. The van der Waals surface area contributed by atoms with E-state index in [0.29, 0.717) is 5.91 Å². The van der Waals surface area contributed by atoms with Crippen LogP contribution >= 0.6 is 22.7 Å². The van der Waals surface area contributed by atoms with Crippen molar-refractivity contribution in [3.8, 4) is 10.6 Å². The Kier molecular flexibility index (Phi) is 4.40. The van der Waals surface area contributed by atoms with Gasteiger partial charge in [-0.2, -0.15) is 0 Å². The monoisotopic (exact) mass is 462 g/mol. The van der Waals surface area contributed by atoms with Crippen LogP contribution in [0, 0.1) is 29.1 Å². The average Bonchev–Trinajstić information content (AvgIpc) is 3.32. The largest absolute Gasteiger partial charge is 0.317 e. The molecule has 3 nitrogen and oxygen atoms in total. The molecule has 4 bridgehead atoms. The highest BCUT2D eigenvalue weighted by molar-refractivity contribution is 7.22. The number of nitrogens with one attached hydrogen (secondary N) is 1. The Morgan fingerprint density at radius 2 is 1.78 bits per heavy atom. The van der Waals surface area contributed by atoms with E-state index in [2.05, 4.69) is 36.5 Å². The molecule has 0 aliphatic heterocycles. The standard InChI is InChI=1S/C27H30N2OS2/c1-15-6-7-19-22(8-15)32-25(23(19)24-28-20-4-2-3-5-21(20)31-24)29-26(30)27-12-16-9-17(13-27)11-18(10-16)14-27/h2-5,15-18H,6-14H2,1H3,(H,29,30). The molecule has 2 heterocycles. The summed E-state index contributed by atoms with van der Waals surface area (Å²) in [7, 11) is 0. The number of benzene rings is 1. The number of hydrogen-bond donors (Lipinski definition) is 1. The molecule has 0 saturated heterocycles. The van der Waals surface area contributed by atoms with E-state index in [4.69, 9.17) is 4.98 Å². The summed E-state index contributed by atoms with van der Waals surface area (Å²) in [6.07, 6.45) is 10.9. The van der Waals surface area contributed by atoms with Gasteiger partial charge in [0.15, 0.2) is 0 Å². The van der Waals surface area contributed by atoms with Crippen LogP contribution in [0.4, 0.5) is 5.00 Å². The molecule has 1 amide bonds. The molecular formula is C27H30N2OS2. The predicted octanol–water partition coefficient (Wildman–Crippen LogP) is 7.30. The lowest BCUT2D eigenvalue weighted by Gasteiger charge is -2.55. The van der Waals surface area contributed by atoms with Crippen molar-refractivity contribution in [1.82, 2.24) is 4.98 Å². The van der Waals surface area contributed by atoms with Crippen LogP contribution in [0.1, 0.15) is 62.3 Å². The van der Waals surface area contributed by atoms with Crippen molar-refractivity contribution in [3.63, 3.8) is 0 Å². The van der Waals surface area contributed by atoms with E-state index in [1.165, 1.54) is 46.4 Å². The number of nitrogens with zero attached hydrogens (tertiary/aromatic N) is 1. The summed E-state index contributed by atoms with van der Waals surface area (Å²) in [5.41, 5.74) is 3.64. The van der Waals surface area contributed by atoms with E-state index < -0.39 is 0 Å². The van der Waals surface area contributed by atoms with Gasteiger partial charge >= 0.3 is 0 Å². The molecule has 8 rings (SSSR count). The minimum atomic E-state index is -0.114. The van der Waals surface area contributed by atoms with Crippen LogP contribution in [-0.2, 0) is 17.6 Å². The normalized spacial score (nSPS) is 32.9. The molecule has 1 aromatic carbocycles. The Labute approximate surface area is 197 Å². The van der Waals surface area contributed by atoms with Gasteiger partial charge in [-0.3, -0.25) is 4.79 Å². The lowest BCUT2D eigenvalue weighted by atomic mass is 9.49. The first-order chi connectivity index (χ1) is 15.6. The summed E-state index contributed by atoms with van der Waals surface area (Å²) in [4.78, 5) is 20.4. The number of rotatable bonds is 3. The van der Waals surface area contributed by atoms with Gasteiger partial charge in [-0.15, -0.1) is 22.7 Å². The number of thiophene rings is 1. The zero-order chi connectivity index (χ0) is 21.4. The van der Waals surface area contributed by atoms with E-state index in [9.17, 15) is 4.79 Å². The lowest BCUT2D eigenvalue weighted by molar-refractivity contribution is -0.140. The molecule has 1 atom stereocenters. The third-order valence-corrected chi connectivity index (χ3v) is 11.0. The van der Waals surface area contributed by atoms with Gasteiger partial charge < -0.3 is 5.32 Å². The summed E-state index contributed by atoms with van der Waals surface area (Å²) in [6, 6.07) is 8.41. The fourth-order valence-corrected chi connectivity index (χ4v) is 10.2. The summed E-state index contributed by atoms with van der Waals surface area (Å²) >= 11 is 3.61. The Balaban J connectivity index is 1.29. The number of fused-ring (bicyclic) bond motifs is 2. The molecule has 5 aliphatic rings. The topological polar surface area (TPSA) is 42.0 Å². The highest BCUT2D eigenvalue weighted by Crippen LogP contribution is 2.60. The molecule has 5 aliphatic carbocycles. The van der Waals surface area contributed by atoms with Crippen LogP contribution in [0.25, 0.3) is 20.8 Å². The third-order valence-electron chi connectivity index (χ3n) is 8.77. The van der Waals surface area contributed by atoms with Crippen LogP contribution in [-0.4, -0.2) is 10.9 Å². The summed E-state index contributed by atoms with van der Waals surface area (Å²) < 4.78 is 1.23. The van der Waals surface area contributed by atoms with Crippen molar-refractivity contribution < 1.29 is 4.79 Å². The van der Waals surface area contributed by atoms with E-state index in [0.717, 1.165) is 71.3 Å². The number of carbonyl (C=O) groups excluding carboxylic acids is 1. The molecule has 166 valence electrons. The Morgan fingerprint density at radius 3 is 2.50 bits per heavy atom. The van der Waals surface area contributed by atoms with Crippen LogP contribution < -0.4 is 5.32 Å². The number of para-hydroxylation sites is 1. The maximum Gasteiger partial charge on any atom is 0.231 e. The summed E-state index contributed by atoms with van der Waals surface area (Å²) in [5.74, 6) is 3.39. The highest BCUT2D eigenvalue weighted by Gasteiger charge is 2.54. The molecule has 32 heavy (non-hydrogen) atoms. The first kappa shape index (κ1) is 19.7. The van der Waals surface area contributed by atoms with Crippen molar-refractivity contribution in [2.24, 2.45) is 29.1 Å². The van der Waals surface area contributed by atoms with Gasteiger partial charge in [-0.05, 0) is 99.2 Å². The fourth-order valence-electron chi connectivity index (χ4n) is 7.67. The maximum absolute atomic E-state index is 13.9. The van der Waals surface area contributed by atoms with Crippen LogP contribution in [0.15, 0.2) is 24.3 Å². The minimum absolute atomic E-state index is 0.114. The molecule has 0 radical (unpaired) electrons. The summed E-state index contributed by atoms with van der Waals surface area (Å²) in [6.45, 7) is 2.35. The van der Waals surface area contributed by atoms with Gasteiger partial charge in [-0.25, -0.2) is 4.98 Å².